The van der Waals surface area contributed by atoms with Gasteiger partial charge < -0.3 is 15.4 Å². The zero-order chi connectivity index (χ0) is 19.3. The Morgan fingerprint density at radius 1 is 1.08 bits per heavy atom. The minimum Gasteiger partial charge on any atom is -0.495 e. The average Bonchev–Trinajstić information content (AvgIpc) is 2.59. The number of rotatable bonds is 6. The topological polar surface area (TPSA) is 67.4 Å². The van der Waals surface area contributed by atoms with Gasteiger partial charge >= 0.3 is 0 Å². The molecule has 0 fully saturated rings. The van der Waals surface area contributed by atoms with E-state index in [9.17, 15) is 9.59 Å². The number of hydrogen-bond acceptors (Lipinski definition) is 3. The van der Waals surface area contributed by atoms with Crippen molar-refractivity contribution in [3.8, 4) is 5.75 Å². The maximum absolute atomic E-state index is 12.8. The number of benzene rings is 2. The van der Waals surface area contributed by atoms with Crippen LogP contribution >= 0.6 is 11.6 Å². The summed E-state index contributed by atoms with van der Waals surface area (Å²) < 4.78 is 5.29. The van der Waals surface area contributed by atoms with Gasteiger partial charge in [0.05, 0.1) is 12.8 Å². The van der Waals surface area contributed by atoms with Crippen LogP contribution in [0.4, 0.5) is 5.69 Å². The van der Waals surface area contributed by atoms with Crippen molar-refractivity contribution in [2.45, 2.75) is 26.8 Å². The van der Waals surface area contributed by atoms with E-state index in [-0.39, 0.29) is 17.7 Å². The fourth-order valence-corrected chi connectivity index (χ4v) is 2.62. The van der Waals surface area contributed by atoms with E-state index >= 15 is 0 Å². The van der Waals surface area contributed by atoms with Crippen LogP contribution in [-0.2, 0) is 4.79 Å². The normalized spacial score (nSPS) is 11.8. The molecule has 2 aromatic carbocycles. The van der Waals surface area contributed by atoms with Crippen molar-refractivity contribution in [2.75, 3.05) is 12.4 Å². The molecule has 0 bridgehead atoms. The van der Waals surface area contributed by atoms with E-state index in [4.69, 9.17) is 16.3 Å². The smallest absolute Gasteiger partial charge is 0.251 e. The number of amides is 2. The SMILES string of the molecule is COc1ccc(C)cc1NC(=O)[C@@H](NC(=O)c1ccc(Cl)cc1)C(C)C. The van der Waals surface area contributed by atoms with Crippen molar-refractivity contribution in [1.82, 2.24) is 5.32 Å². The van der Waals surface area contributed by atoms with Crippen LogP contribution in [0.25, 0.3) is 0 Å². The van der Waals surface area contributed by atoms with Crippen LogP contribution in [-0.4, -0.2) is 25.0 Å². The van der Waals surface area contributed by atoms with E-state index < -0.39 is 6.04 Å². The molecule has 2 amide bonds. The molecular formula is C20H23ClN2O3. The summed E-state index contributed by atoms with van der Waals surface area (Å²) in [5.74, 6) is -0.157. The maximum Gasteiger partial charge on any atom is 0.251 e. The Hall–Kier alpha value is -2.53. The van der Waals surface area contributed by atoms with Crippen molar-refractivity contribution in [1.29, 1.82) is 0 Å². The van der Waals surface area contributed by atoms with Gasteiger partial charge in [-0.05, 0) is 54.8 Å². The summed E-state index contributed by atoms with van der Waals surface area (Å²) in [4.78, 5) is 25.2. The molecule has 138 valence electrons. The first kappa shape index (κ1) is 19.8. The highest BCUT2D eigenvalue weighted by Crippen LogP contribution is 2.25. The minimum atomic E-state index is -0.691. The van der Waals surface area contributed by atoms with Crippen molar-refractivity contribution < 1.29 is 14.3 Å². The van der Waals surface area contributed by atoms with Gasteiger partial charge in [-0.15, -0.1) is 0 Å². The molecule has 2 N–H and O–H groups in total. The molecule has 0 spiro atoms. The number of ether oxygens (including phenoxy) is 1. The third-order valence-corrected chi connectivity index (χ3v) is 4.21. The van der Waals surface area contributed by atoms with Crippen LogP contribution in [0.15, 0.2) is 42.5 Å². The Bertz CT molecular complexity index is 788. The third-order valence-electron chi connectivity index (χ3n) is 3.95. The Kier molecular flexibility index (Phi) is 6.64. The van der Waals surface area contributed by atoms with Crippen LogP contribution < -0.4 is 15.4 Å². The van der Waals surface area contributed by atoms with E-state index in [1.165, 1.54) is 0 Å². The van der Waals surface area contributed by atoms with Gasteiger partial charge in [0.1, 0.15) is 11.8 Å². The molecule has 2 aromatic rings. The number of methoxy groups -OCH3 is 1. The molecule has 0 aliphatic rings. The zero-order valence-corrected chi connectivity index (χ0v) is 16.1. The second-order valence-electron chi connectivity index (χ2n) is 6.40. The van der Waals surface area contributed by atoms with Crippen LogP contribution in [0.1, 0.15) is 29.8 Å². The number of carbonyl (C=O) groups is 2. The molecule has 0 unspecified atom stereocenters. The Morgan fingerprint density at radius 2 is 1.73 bits per heavy atom. The van der Waals surface area contributed by atoms with Gasteiger partial charge in [-0.3, -0.25) is 9.59 Å². The first-order valence-electron chi connectivity index (χ1n) is 8.33. The highest BCUT2D eigenvalue weighted by Gasteiger charge is 2.25. The monoisotopic (exact) mass is 374 g/mol. The fourth-order valence-electron chi connectivity index (χ4n) is 2.49. The second-order valence-corrected chi connectivity index (χ2v) is 6.83. The van der Waals surface area contributed by atoms with E-state index in [1.807, 2.05) is 32.9 Å². The summed E-state index contributed by atoms with van der Waals surface area (Å²) in [7, 11) is 1.54. The highest BCUT2D eigenvalue weighted by atomic mass is 35.5. The molecule has 6 heteroatoms. The number of halogens is 1. The Balaban J connectivity index is 2.16. The lowest BCUT2D eigenvalue weighted by atomic mass is 10.0. The number of anilines is 1. The van der Waals surface area contributed by atoms with Crippen LogP contribution in [0, 0.1) is 12.8 Å². The molecule has 5 nitrogen and oxygen atoms in total. The van der Waals surface area contributed by atoms with Gasteiger partial charge in [0.15, 0.2) is 0 Å². The lowest BCUT2D eigenvalue weighted by Gasteiger charge is -2.22. The van der Waals surface area contributed by atoms with E-state index in [0.29, 0.717) is 22.0 Å². The molecule has 2 rings (SSSR count). The Morgan fingerprint density at radius 3 is 2.31 bits per heavy atom. The quantitative estimate of drug-likeness (QED) is 0.801. The lowest BCUT2D eigenvalue weighted by Crippen LogP contribution is -2.47. The molecule has 0 aliphatic carbocycles. The fraction of sp³-hybridized carbons (Fsp3) is 0.300. The van der Waals surface area contributed by atoms with Crippen molar-refractivity contribution >= 4 is 29.1 Å². The first-order chi connectivity index (χ1) is 12.3. The van der Waals surface area contributed by atoms with Crippen molar-refractivity contribution in [3.63, 3.8) is 0 Å². The third kappa shape index (κ3) is 4.99. The molecule has 1 atom stereocenters. The summed E-state index contributed by atoms with van der Waals surface area (Å²) in [6, 6.07) is 11.3. The van der Waals surface area contributed by atoms with Gasteiger partial charge in [-0.1, -0.05) is 31.5 Å². The maximum atomic E-state index is 12.8. The van der Waals surface area contributed by atoms with E-state index in [1.54, 1.807) is 37.4 Å². The molecular weight excluding hydrogens is 352 g/mol. The first-order valence-corrected chi connectivity index (χ1v) is 8.71. The van der Waals surface area contributed by atoms with Crippen LogP contribution in [0.5, 0.6) is 5.75 Å². The summed E-state index contributed by atoms with van der Waals surface area (Å²) in [5, 5.41) is 6.19. The number of aryl methyl sites for hydroxylation is 1. The molecule has 0 heterocycles. The molecule has 0 aromatic heterocycles. The summed E-state index contributed by atoms with van der Waals surface area (Å²) in [5.41, 5.74) is 2.01. The van der Waals surface area contributed by atoms with Gasteiger partial charge in [0.25, 0.3) is 5.91 Å². The van der Waals surface area contributed by atoms with Crippen molar-refractivity contribution in [3.05, 3.63) is 58.6 Å². The molecule has 0 aliphatic heterocycles. The zero-order valence-electron chi connectivity index (χ0n) is 15.3. The van der Waals surface area contributed by atoms with Gasteiger partial charge in [0, 0.05) is 10.6 Å². The van der Waals surface area contributed by atoms with Gasteiger partial charge in [-0.2, -0.15) is 0 Å². The highest BCUT2D eigenvalue weighted by molar-refractivity contribution is 6.30. The van der Waals surface area contributed by atoms with Crippen LogP contribution in [0.2, 0.25) is 5.02 Å². The molecule has 0 saturated carbocycles. The average molecular weight is 375 g/mol. The minimum absolute atomic E-state index is 0.0953. The molecule has 0 saturated heterocycles. The second kappa shape index (κ2) is 8.72. The molecule has 26 heavy (non-hydrogen) atoms. The Labute approximate surface area is 158 Å². The van der Waals surface area contributed by atoms with Gasteiger partial charge in [-0.25, -0.2) is 0 Å². The summed E-state index contributed by atoms with van der Waals surface area (Å²) >= 11 is 5.85. The predicted molar refractivity (Wildman–Crippen MR) is 104 cm³/mol. The summed E-state index contributed by atoms with van der Waals surface area (Å²) in [6.45, 7) is 5.68. The predicted octanol–water partition coefficient (Wildman–Crippen LogP) is 4.05. The van der Waals surface area contributed by atoms with Crippen molar-refractivity contribution in [2.24, 2.45) is 5.92 Å². The summed E-state index contributed by atoms with van der Waals surface area (Å²) in [6.07, 6.45) is 0. The number of carbonyl (C=O) groups excluding carboxylic acids is 2. The van der Waals surface area contributed by atoms with E-state index in [0.717, 1.165) is 5.56 Å². The van der Waals surface area contributed by atoms with E-state index in [2.05, 4.69) is 10.6 Å². The largest absolute Gasteiger partial charge is 0.495 e. The van der Waals surface area contributed by atoms with Crippen LogP contribution in [0.3, 0.4) is 0 Å². The number of hydrogen-bond donors (Lipinski definition) is 2. The molecule has 0 radical (unpaired) electrons. The lowest BCUT2D eigenvalue weighted by molar-refractivity contribution is -0.118. The standard InChI is InChI=1S/C20H23ClN2O3/c1-12(2)18(23-19(24)14-6-8-15(21)9-7-14)20(25)22-16-11-13(3)5-10-17(16)26-4/h5-12,18H,1-4H3,(H,22,25)(H,23,24)/t18-/m0/s1. The number of nitrogens with one attached hydrogen (secondary N) is 2. The van der Waals surface area contributed by atoms with Gasteiger partial charge in [0.2, 0.25) is 5.91 Å².